The zero-order chi connectivity index (χ0) is 13.3. The van der Waals surface area contributed by atoms with Gasteiger partial charge in [-0.1, -0.05) is 0 Å². The molecule has 6 nitrogen and oxygen atoms in total. The maximum atomic E-state index is 12.5. The normalized spacial score (nSPS) is 34.6. The second-order valence-corrected chi connectivity index (χ2v) is 7.70. The Bertz CT molecular complexity index is 379. The van der Waals surface area contributed by atoms with E-state index in [-0.39, 0.29) is 17.8 Å². The van der Waals surface area contributed by atoms with Gasteiger partial charge in [0.25, 0.3) is 0 Å². The molecule has 2 heterocycles. The van der Waals surface area contributed by atoms with Crippen LogP contribution < -0.4 is 5.32 Å². The number of aliphatic hydroxyl groups excluding tert-OH is 1. The Morgan fingerprint density at radius 1 is 1.44 bits per heavy atom. The molecule has 106 valence electrons. The fourth-order valence-electron chi connectivity index (χ4n) is 2.84. The Kier molecular flexibility index (Phi) is 4.28. The minimum Gasteiger partial charge on any atom is -0.392 e. The van der Waals surface area contributed by atoms with Crippen molar-refractivity contribution < 1.29 is 13.5 Å². The van der Waals surface area contributed by atoms with Gasteiger partial charge in [-0.2, -0.15) is 4.31 Å². The van der Waals surface area contributed by atoms with Gasteiger partial charge in [-0.05, 0) is 33.5 Å². The van der Waals surface area contributed by atoms with Gasteiger partial charge in [-0.15, -0.1) is 0 Å². The fraction of sp³-hybridized carbons (Fsp3) is 1.00. The van der Waals surface area contributed by atoms with E-state index in [1.807, 2.05) is 19.0 Å². The van der Waals surface area contributed by atoms with Gasteiger partial charge in [0, 0.05) is 25.7 Å². The largest absolute Gasteiger partial charge is 0.392 e. The van der Waals surface area contributed by atoms with Crippen LogP contribution >= 0.6 is 0 Å². The summed E-state index contributed by atoms with van der Waals surface area (Å²) in [4.78, 5) is 1.97. The van der Waals surface area contributed by atoms with E-state index >= 15 is 0 Å². The molecule has 2 rings (SSSR count). The van der Waals surface area contributed by atoms with Crippen molar-refractivity contribution in [3.05, 3.63) is 0 Å². The Balaban J connectivity index is 2.13. The summed E-state index contributed by atoms with van der Waals surface area (Å²) >= 11 is 0. The highest BCUT2D eigenvalue weighted by atomic mass is 32.2. The first-order valence-corrected chi connectivity index (χ1v) is 7.95. The topological polar surface area (TPSA) is 72.9 Å². The van der Waals surface area contributed by atoms with E-state index in [0.29, 0.717) is 25.9 Å². The third-order valence-electron chi connectivity index (χ3n) is 3.68. The Morgan fingerprint density at radius 2 is 2.17 bits per heavy atom. The van der Waals surface area contributed by atoms with E-state index in [9.17, 15) is 13.5 Å². The summed E-state index contributed by atoms with van der Waals surface area (Å²) in [6.07, 6.45) is 0.681. The van der Waals surface area contributed by atoms with Crippen LogP contribution in [0.1, 0.15) is 12.8 Å². The quantitative estimate of drug-likeness (QED) is 0.666. The second kappa shape index (κ2) is 5.42. The zero-order valence-electron chi connectivity index (χ0n) is 11.0. The van der Waals surface area contributed by atoms with E-state index in [0.717, 1.165) is 6.54 Å². The summed E-state index contributed by atoms with van der Waals surface area (Å²) in [7, 11) is 0.565. The maximum Gasteiger partial charge on any atom is 0.218 e. The number of aliphatic hydroxyl groups is 1. The molecule has 2 aliphatic heterocycles. The molecule has 7 heteroatoms. The lowest BCUT2D eigenvalue weighted by Crippen LogP contribution is -2.46. The van der Waals surface area contributed by atoms with Crippen molar-refractivity contribution in [1.82, 2.24) is 14.5 Å². The van der Waals surface area contributed by atoms with Gasteiger partial charge < -0.3 is 15.3 Å². The van der Waals surface area contributed by atoms with Crippen LogP contribution in [0.15, 0.2) is 0 Å². The molecule has 2 fully saturated rings. The summed E-state index contributed by atoms with van der Waals surface area (Å²) in [6, 6.07) is -0.0967. The standard InChI is InChI=1S/C11H23N3O3S/c1-13(2)7-9-5-10(15)8-14(9)18(16,17)11-3-4-12-6-11/h9-12,15H,3-8H2,1-2H3. The molecule has 3 atom stereocenters. The Labute approximate surface area is 109 Å². The van der Waals surface area contributed by atoms with Crippen molar-refractivity contribution in [3.63, 3.8) is 0 Å². The SMILES string of the molecule is CN(C)CC1CC(O)CN1S(=O)(=O)C1CCNC1. The molecule has 2 aliphatic rings. The molecular weight excluding hydrogens is 254 g/mol. The molecule has 0 radical (unpaired) electrons. The van der Waals surface area contributed by atoms with Crippen molar-refractivity contribution in [2.24, 2.45) is 0 Å². The number of sulfonamides is 1. The van der Waals surface area contributed by atoms with E-state index in [4.69, 9.17) is 0 Å². The molecule has 2 saturated heterocycles. The molecular formula is C11H23N3O3S. The number of likely N-dealkylation sites (N-methyl/N-ethyl adjacent to an activating group) is 1. The second-order valence-electron chi connectivity index (χ2n) is 5.54. The molecule has 0 aromatic heterocycles. The van der Waals surface area contributed by atoms with E-state index in [2.05, 4.69) is 5.32 Å². The lowest BCUT2D eigenvalue weighted by Gasteiger charge is -2.28. The monoisotopic (exact) mass is 277 g/mol. The predicted molar refractivity (Wildman–Crippen MR) is 69.9 cm³/mol. The molecule has 0 aliphatic carbocycles. The summed E-state index contributed by atoms with van der Waals surface area (Å²) in [5, 5.41) is 12.5. The lowest BCUT2D eigenvalue weighted by atomic mass is 10.2. The highest BCUT2D eigenvalue weighted by Gasteiger charge is 2.43. The number of hydrogen-bond acceptors (Lipinski definition) is 5. The van der Waals surface area contributed by atoms with Crippen LogP contribution in [0.4, 0.5) is 0 Å². The minimum absolute atomic E-state index is 0.0967. The highest BCUT2D eigenvalue weighted by molar-refractivity contribution is 7.89. The average Bonchev–Trinajstić information content (AvgIpc) is 2.86. The molecule has 0 bridgehead atoms. The van der Waals surface area contributed by atoms with Gasteiger partial charge in [0.15, 0.2) is 0 Å². The van der Waals surface area contributed by atoms with E-state index in [1.165, 1.54) is 4.31 Å². The van der Waals surface area contributed by atoms with E-state index in [1.54, 1.807) is 0 Å². The highest BCUT2D eigenvalue weighted by Crippen LogP contribution is 2.26. The third kappa shape index (κ3) is 2.85. The smallest absolute Gasteiger partial charge is 0.218 e. The van der Waals surface area contributed by atoms with Crippen LogP contribution in [0.3, 0.4) is 0 Å². The molecule has 3 unspecified atom stereocenters. The van der Waals surface area contributed by atoms with Gasteiger partial charge in [0.2, 0.25) is 10.0 Å². The lowest BCUT2D eigenvalue weighted by molar-refractivity contribution is 0.188. The van der Waals surface area contributed by atoms with Crippen LogP contribution in [-0.4, -0.2) is 80.4 Å². The third-order valence-corrected chi connectivity index (χ3v) is 6.03. The van der Waals surface area contributed by atoms with Crippen LogP contribution in [0, 0.1) is 0 Å². The number of nitrogens with one attached hydrogen (secondary N) is 1. The number of nitrogens with zero attached hydrogens (tertiary/aromatic N) is 2. The summed E-state index contributed by atoms with van der Waals surface area (Å²) in [6.45, 7) is 2.20. The Hall–Kier alpha value is -0.210. The molecule has 18 heavy (non-hydrogen) atoms. The minimum atomic E-state index is -3.28. The first-order valence-electron chi connectivity index (χ1n) is 6.45. The molecule has 0 spiro atoms. The molecule has 0 aromatic rings. The van der Waals surface area contributed by atoms with Crippen LogP contribution in [-0.2, 0) is 10.0 Å². The van der Waals surface area contributed by atoms with Gasteiger partial charge in [-0.25, -0.2) is 8.42 Å². The summed E-state index contributed by atoms with van der Waals surface area (Å²) in [5.74, 6) is 0. The number of β-amino-alcohol motifs (C(OH)–C–C–N with tert-alkyl or cyclic N) is 1. The van der Waals surface area contributed by atoms with Crippen molar-refractivity contribution in [3.8, 4) is 0 Å². The number of rotatable bonds is 4. The first kappa shape index (κ1) is 14.2. The van der Waals surface area contributed by atoms with Crippen molar-refractivity contribution in [2.45, 2.75) is 30.2 Å². The van der Waals surface area contributed by atoms with Crippen LogP contribution in [0.2, 0.25) is 0 Å². The van der Waals surface area contributed by atoms with Crippen molar-refractivity contribution in [2.75, 3.05) is 40.3 Å². The molecule has 2 N–H and O–H groups in total. The summed E-state index contributed by atoms with van der Waals surface area (Å²) < 4.78 is 26.6. The van der Waals surface area contributed by atoms with Crippen molar-refractivity contribution >= 4 is 10.0 Å². The van der Waals surface area contributed by atoms with Crippen LogP contribution in [0.5, 0.6) is 0 Å². The first-order chi connectivity index (χ1) is 8.41. The van der Waals surface area contributed by atoms with Gasteiger partial charge in [-0.3, -0.25) is 0 Å². The van der Waals surface area contributed by atoms with Gasteiger partial charge in [0.05, 0.1) is 11.4 Å². The molecule has 0 saturated carbocycles. The predicted octanol–water partition coefficient (Wildman–Crippen LogP) is -1.33. The van der Waals surface area contributed by atoms with Gasteiger partial charge >= 0.3 is 0 Å². The van der Waals surface area contributed by atoms with Gasteiger partial charge in [0.1, 0.15) is 0 Å². The fourth-order valence-corrected chi connectivity index (χ4v) is 4.91. The number of hydrogen-bond donors (Lipinski definition) is 2. The molecule has 0 aromatic carbocycles. The van der Waals surface area contributed by atoms with E-state index < -0.39 is 16.1 Å². The zero-order valence-corrected chi connectivity index (χ0v) is 11.9. The maximum absolute atomic E-state index is 12.5. The van der Waals surface area contributed by atoms with Crippen molar-refractivity contribution in [1.29, 1.82) is 0 Å². The Morgan fingerprint density at radius 3 is 2.72 bits per heavy atom. The molecule has 0 amide bonds. The van der Waals surface area contributed by atoms with Crippen LogP contribution in [0.25, 0.3) is 0 Å². The summed E-state index contributed by atoms with van der Waals surface area (Å²) in [5.41, 5.74) is 0. The average molecular weight is 277 g/mol.